The highest BCUT2D eigenvalue weighted by Gasteiger charge is 2.22. The van der Waals surface area contributed by atoms with Crippen LogP contribution in [0.15, 0.2) is 47.4 Å². The molecule has 1 saturated heterocycles. The number of likely N-dealkylation sites (tertiary alicyclic amines) is 1. The Morgan fingerprint density at radius 1 is 0.962 bits per heavy atom. The summed E-state index contributed by atoms with van der Waals surface area (Å²) < 4.78 is 54.3. The Bertz CT molecular complexity index is 906. The molecule has 0 aromatic heterocycles. The largest absolute Gasteiger partial charge is 0.339 e. The molecule has 1 heterocycles. The second kappa shape index (κ2) is 7.41. The number of sulfonamides is 1. The molecule has 8 heteroatoms. The van der Waals surface area contributed by atoms with Gasteiger partial charge in [-0.3, -0.25) is 9.52 Å². The van der Waals surface area contributed by atoms with E-state index in [1.165, 1.54) is 24.3 Å². The van der Waals surface area contributed by atoms with Crippen molar-refractivity contribution in [1.29, 1.82) is 0 Å². The van der Waals surface area contributed by atoms with Crippen LogP contribution in [0.5, 0.6) is 0 Å². The van der Waals surface area contributed by atoms with Crippen LogP contribution in [0.2, 0.25) is 0 Å². The molecule has 5 nitrogen and oxygen atoms in total. The summed E-state index contributed by atoms with van der Waals surface area (Å²) >= 11 is 0. The van der Waals surface area contributed by atoms with Crippen molar-refractivity contribution in [3.63, 3.8) is 0 Å². The molecule has 1 aliphatic rings. The van der Waals surface area contributed by atoms with Gasteiger partial charge in [-0.05, 0) is 49.6 Å². The van der Waals surface area contributed by atoms with Gasteiger partial charge in [-0.15, -0.1) is 0 Å². The highest BCUT2D eigenvalue weighted by atomic mass is 32.2. The van der Waals surface area contributed by atoms with Gasteiger partial charge in [-0.2, -0.15) is 0 Å². The number of halogens is 2. The van der Waals surface area contributed by atoms with E-state index in [4.69, 9.17) is 0 Å². The standard InChI is InChI=1S/C18H18F2N2O3S/c19-15-8-5-9-16(20)17(15)21-26(24,25)14-7-4-6-13(12-14)18(23)22-10-2-1-3-11-22/h4-9,12,21H,1-3,10-11H2. The zero-order chi connectivity index (χ0) is 18.7. The lowest BCUT2D eigenvalue weighted by molar-refractivity contribution is 0.0724. The van der Waals surface area contributed by atoms with E-state index in [2.05, 4.69) is 0 Å². The maximum Gasteiger partial charge on any atom is 0.262 e. The van der Waals surface area contributed by atoms with Gasteiger partial charge in [-0.1, -0.05) is 12.1 Å². The minimum atomic E-state index is -4.25. The fourth-order valence-electron chi connectivity index (χ4n) is 2.86. The predicted molar refractivity (Wildman–Crippen MR) is 93.4 cm³/mol. The van der Waals surface area contributed by atoms with Crippen LogP contribution in [-0.4, -0.2) is 32.3 Å². The third-order valence-corrected chi connectivity index (χ3v) is 5.58. The van der Waals surface area contributed by atoms with Crippen molar-refractivity contribution >= 4 is 21.6 Å². The van der Waals surface area contributed by atoms with Gasteiger partial charge in [0, 0.05) is 18.7 Å². The van der Waals surface area contributed by atoms with Gasteiger partial charge < -0.3 is 4.90 Å². The average Bonchev–Trinajstić information content (AvgIpc) is 2.65. The van der Waals surface area contributed by atoms with E-state index in [1.807, 2.05) is 4.72 Å². The van der Waals surface area contributed by atoms with Crippen LogP contribution in [0.4, 0.5) is 14.5 Å². The second-order valence-corrected chi connectivity index (χ2v) is 7.77. The van der Waals surface area contributed by atoms with Crippen LogP contribution >= 0.6 is 0 Å². The Kier molecular flexibility index (Phi) is 5.22. The normalized spacial score (nSPS) is 14.9. The molecule has 138 valence electrons. The molecule has 0 aliphatic carbocycles. The first kappa shape index (κ1) is 18.3. The van der Waals surface area contributed by atoms with Crippen LogP contribution in [0.3, 0.4) is 0 Å². The van der Waals surface area contributed by atoms with Crippen LogP contribution in [-0.2, 0) is 10.0 Å². The third kappa shape index (κ3) is 3.85. The Morgan fingerprint density at radius 2 is 1.58 bits per heavy atom. The number of anilines is 1. The molecule has 0 unspecified atom stereocenters. The van der Waals surface area contributed by atoms with Gasteiger partial charge in [0.25, 0.3) is 15.9 Å². The SMILES string of the molecule is O=C(c1cccc(S(=O)(=O)Nc2c(F)cccc2F)c1)N1CCCCC1. The second-order valence-electron chi connectivity index (χ2n) is 6.08. The number of hydrogen-bond acceptors (Lipinski definition) is 3. The predicted octanol–water partition coefficient (Wildman–Crippen LogP) is 3.39. The monoisotopic (exact) mass is 380 g/mol. The molecule has 2 aromatic rings. The molecular weight excluding hydrogens is 362 g/mol. The number of hydrogen-bond donors (Lipinski definition) is 1. The van der Waals surface area contributed by atoms with Crippen molar-refractivity contribution in [1.82, 2.24) is 4.90 Å². The van der Waals surface area contributed by atoms with Gasteiger partial charge in [-0.25, -0.2) is 17.2 Å². The van der Waals surface area contributed by atoms with Crippen LogP contribution in [0.25, 0.3) is 0 Å². The first-order valence-corrected chi connectivity index (χ1v) is 9.73. The van der Waals surface area contributed by atoms with Crippen molar-refractivity contribution in [2.45, 2.75) is 24.2 Å². The van der Waals surface area contributed by atoms with Crippen molar-refractivity contribution in [3.05, 3.63) is 59.7 Å². The summed E-state index contributed by atoms with van der Waals surface area (Å²) in [5.74, 6) is -2.29. The van der Waals surface area contributed by atoms with E-state index in [9.17, 15) is 22.0 Å². The van der Waals surface area contributed by atoms with Crippen molar-refractivity contribution in [3.8, 4) is 0 Å². The molecule has 1 fully saturated rings. The van der Waals surface area contributed by atoms with E-state index in [0.717, 1.165) is 37.5 Å². The minimum Gasteiger partial charge on any atom is -0.339 e. The summed E-state index contributed by atoms with van der Waals surface area (Å²) in [5, 5.41) is 0. The number of para-hydroxylation sites is 1. The van der Waals surface area contributed by atoms with Crippen LogP contribution < -0.4 is 4.72 Å². The summed E-state index contributed by atoms with van der Waals surface area (Å²) in [6.07, 6.45) is 2.89. The number of nitrogens with one attached hydrogen (secondary N) is 1. The van der Waals surface area contributed by atoms with Gasteiger partial charge in [0.1, 0.15) is 17.3 Å². The number of carbonyl (C=O) groups is 1. The summed E-state index contributed by atoms with van der Waals surface area (Å²) in [5.41, 5.74) is -0.524. The number of carbonyl (C=O) groups excluding carboxylic acids is 1. The Hall–Kier alpha value is -2.48. The summed E-state index contributed by atoms with van der Waals surface area (Å²) in [4.78, 5) is 14.0. The summed E-state index contributed by atoms with van der Waals surface area (Å²) in [7, 11) is -4.25. The third-order valence-electron chi connectivity index (χ3n) is 4.23. The van der Waals surface area contributed by atoms with Gasteiger partial charge in [0.2, 0.25) is 0 Å². The fourth-order valence-corrected chi connectivity index (χ4v) is 3.99. The molecule has 1 amide bonds. The lowest BCUT2D eigenvalue weighted by atomic mass is 10.1. The van der Waals surface area contributed by atoms with E-state index in [1.54, 1.807) is 4.90 Å². The van der Waals surface area contributed by atoms with Gasteiger partial charge >= 0.3 is 0 Å². The van der Waals surface area contributed by atoms with Crippen molar-refractivity contribution < 1.29 is 22.0 Å². The molecule has 0 radical (unpaired) electrons. The quantitative estimate of drug-likeness (QED) is 0.884. The molecule has 0 bridgehead atoms. The minimum absolute atomic E-state index is 0.226. The zero-order valence-electron chi connectivity index (χ0n) is 13.9. The molecule has 0 atom stereocenters. The maximum atomic E-state index is 13.7. The number of benzene rings is 2. The van der Waals surface area contributed by atoms with Crippen LogP contribution in [0, 0.1) is 11.6 Å². The van der Waals surface area contributed by atoms with E-state index >= 15 is 0 Å². The number of amides is 1. The number of nitrogens with zero attached hydrogens (tertiary/aromatic N) is 1. The van der Waals surface area contributed by atoms with E-state index in [-0.39, 0.29) is 16.4 Å². The Morgan fingerprint density at radius 3 is 2.23 bits per heavy atom. The maximum absolute atomic E-state index is 13.7. The van der Waals surface area contributed by atoms with Gasteiger partial charge in [0.05, 0.1) is 4.90 Å². The van der Waals surface area contributed by atoms with Crippen molar-refractivity contribution in [2.24, 2.45) is 0 Å². The molecule has 0 spiro atoms. The van der Waals surface area contributed by atoms with E-state index in [0.29, 0.717) is 13.1 Å². The highest BCUT2D eigenvalue weighted by molar-refractivity contribution is 7.92. The lowest BCUT2D eigenvalue weighted by Gasteiger charge is -2.26. The number of rotatable bonds is 4. The lowest BCUT2D eigenvalue weighted by Crippen LogP contribution is -2.35. The molecule has 3 rings (SSSR count). The topological polar surface area (TPSA) is 66.5 Å². The smallest absolute Gasteiger partial charge is 0.262 e. The molecule has 1 aliphatic heterocycles. The molecule has 1 N–H and O–H groups in total. The fraction of sp³-hybridized carbons (Fsp3) is 0.278. The summed E-state index contributed by atoms with van der Waals surface area (Å²) in [6.45, 7) is 1.27. The first-order valence-electron chi connectivity index (χ1n) is 8.25. The molecule has 26 heavy (non-hydrogen) atoms. The molecule has 2 aromatic carbocycles. The highest BCUT2D eigenvalue weighted by Crippen LogP contribution is 2.23. The Balaban J connectivity index is 1.88. The molecular formula is C18H18F2N2O3S. The number of piperidine rings is 1. The average molecular weight is 380 g/mol. The van der Waals surface area contributed by atoms with Crippen LogP contribution in [0.1, 0.15) is 29.6 Å². The summed E-state index contributed by atoms with van der Waals surface area (Å²) in [6, 6.07) is 8.50. The zero-order valence-corrected chi connectivity index (χ0v) is 14.7. The Labute approximate surface area is 150 Å². The van der Waals surface area contributed by atoms with Gasteiger partial charge in [0.15, 0.2) is 0 Å². The molecule has 0 saturated carbocycles. The first-order chi connectivity index (χ1) is 12.4. The van der Waals surface area contributed by atoms with E-state index < -0.39 is 27.3 Å². The van der Waals surface area contributed by atoms with Crippen molar-refractivity contribution in [2.75, 3.05) is 17.8 Å².